The van der Waals surface area contributed by atoms with Crippen LogP contribution in [0.4, 0.5) is 0 Å². The van der Waals surface area contributed by atoms with Gasteiger partial charge in [0.1, 0.15) is 4.58 Å². The molecule has 104 valence electrons. The Morgan fingerprint density at radius 1 is 1.37 bits per heavy atom. The average molecular weight is 296 g/mol. The second-order valence-corrected chi connectivity index (χ2v) is 7.19. The van der Waals surface area contributed by atoms with E-state index >= 15 is 0 Å². The van der Waals surface area contributed by atoms with E-state index in [0.29, 0.717) is 5.91 Å². The Bertz CT molecular complexity index is 394. The van der Waals surface area contributed by atoms with Crippen LogP contribution in [0.15, 0.2) is 24.4 Å². The minimum absolute atomic E-state index is 0.121. The molecule has 1 aliphatic heterocycles. The van der Waals surface area contributed by atoms with Gasteiger partial charge in [0.05, 0.1) is 0 Å². The lowest BCUT2D eigenvalue weighted by Crippen LogP contribution is -2.38. The smallest absolute Gasteiger partial charge is 0.245 e. The topological polar surface area (TPSA) is 33.2 Å². The Balaban J connectivity index is 1.90. The number of thioether (sulfide) groups is 2. The minimum atomic E-state index is 0.121. The molecule has 0 bridgehead atoms. The van der Waals surface area contributed by atoms with Gasteiger partial charge >= 0.3 is 0 Å². The number of hydrogen-bond donors (Lipinski definition) is 0. The number of hydrogen-bond acceptors (Lipinski definition) is 4. The summed E-state index contributed by atoms with van der Waals surface area (Å²) in [7, 11) is 0. The number of amides is 1. The van der Waals surface area contributed by atoms with Gasteiger partial charge in [0.15, 0.2) is 0 Å². The summed E-state index contributed by atoms with van der Waals surface area (Å²) in [6.07, 6.45) is 3.66. The zero-order valence-corrected chi connectivity index (χ0v) is 12.9. The largest absolute Gasteiger partial charge is 0.341 e. The highest BCUT2D eigenvalue weighted by Crippen LogP contribution is 2.33. The van der Waals surface area contributed by atoms with E-state index in [2.05, 4.69) is 11.9 Å². The Hall–Kier alpha value is -0.680. The Kier molecular flexibility index (Phi) is 6.04. The van der Waals surface area contributed by atoms with Crippen molar-refractivity contribution in [2.75, 3.05) is 24.6 Å². The molecule has 0 spiro atoms. The van der Waals surface area contributed by atoms with Crippen LogP contribution in [0.5, 0.6) is 0 Å². The van der Waals surface area contributed by atoms with Crippen LogP contribution in [-0.2, 0) is 11.2 Å². The van der Waals surface area contributed by atoms with Gasteiger partial charge in [-0.05, 0) is 18.6 Å². The normalized spacial score (nSPS) is 15.6. The van der Waals surface area contributed by atoms with E-state index in [-0.39, 0.29) is 4.58 Å². The third kappa shape index (κ3) is 4.42. The van der Waals surface area contributed by atoms with Crippen molar-refractivity contribution in [3.05, 3.63) is 30.1 Å². The van der Waals surface area contributed by atoms with Crippen molar-refractivity contribution < 1.29 is 4.79 Å². The molecule has 0 aromatic carbocycles. The standard InChI is InChI=1S/C14H20N2OS2/c1-2-8-16(13(17)14-18-10-11-19-14)9-6-12-5-3-4-7-15-12/h3-5,7,14H,2,6,8-11H2,1H3. The highest BCUT2D eigenvalue weighted by Gasteiger charge is 2.28. The first-order valence-corrected chi connectivity index (χ1v) is 8.83. The molecule has 0 radical (unpaired) electrons. The third-order valence-corrected chi connectivity index (χ3v) is 5.96. The van der Waals surface area contributed by atoms with Gasteiger partial charge in [-0.2, -0.15) is 0 Å². The summed E-state index contributed by atoms with van der Waals surface area (Å²) in [5.41, 5.74) is 1.06. The van der Waals surface area contributed by atoms with Crippen molar-refractivity contribution in [2.24, 2.45) is 0 Å². The van der Waals surface area contributed by atoms with Crippen molar-refractivity contribution in [3.8, 4) is 0 Å². The summed E-state index contributed by atoms with van der Waals surface area (Å²) < 4.78 is 0.121. The summed E-state index contributed by atoms with van der Waals surface area (Å²) >= 11 is 3.56. The number of pyridine rings is 1. The van der Waals surface area contributed by atoms with Crippen LogP contribution < -0.4 is 0 Å². The number of rotatable bonds is 6. The van der Waals surface area contributed by atoms with Crippen LogP contribution in [0, 0.1) is 0 Å². The van der Waals surface area contributed by atoms with Crippen LogP contribution in [0.1, 0.15) is 19.0 Å². The van der Waals surface area contributed by atoms with E-state index in [1.807, 2.05) is 29.3 Å². The first-order chi connectivity index (χ1) is 9.31. The van der Waals surface area contributed by atoms with E-state index in [1.54, 1.807) is 23.5 Å². The summed E-state index contributed by atoms with van der Waals surface area (Å²) in [6, 6.07) is 5.94. The summed E-state index contributed by atoms with van der Waals surface area (Å²) in [5.74, 6) is 2.49. The molecule has 1 amide bonds. The fourth-order valence-electron chi connectivity index (χ4n) is 2.05. The summed E-state index contributed by atoms with van der Waals surface area (Å²) in [6.45, 7) is 3.75. The van der Waals surface area contributed by atoms with Gasteiger partial charge in [-0.1, -0.05) is 13.0 Å². The van der Waals surface area contributed by atoms with E-state index in [0.717, 1.165) is 43.1 Å². The summed E-state index contributed by atoms with van der Waals surface area (Å²) in [5, 5.41) is 0. The molecular weight excluding hydrogens is 276 g/mol. The second kappa shape index (κ2) is 7.80. The van der Waals surface area contributed by atoms with Gasteiger partial charge in [0, 0.05) is 42.9 Å². The van der Waals surface area contributed by atoms with Crippen molar-refractivity contribution in [2.45, 2.75) is 24.3 Å². The number of nitrogens with zero attached hydrogens (tertiary/aromatic N) is 2. The van der Waals surface area contributed by atoms with Crippen molar-refractivity contribution in [1.82, 2.24) is 9.88 Å². The molecule has 2 heterocycles. The molecule has 3 nitrogen and oxygen atoms in total. The van der Waals surface area contributed by atoms with Crippen molar-refractivity contribution >= 4 is 29.4 Å². The first kappa shape index (κ1) is 14.7. The van der Waals surface area contributed by atoms with E-state index in [1.165, 1.54) is 0 Å². The molecule has 1 fully saturated rings. The lowest BCUT2D eigenvalue weighted by Gasteiger charge is -2.24. The molecule has 0 atom stereocenters. The van der Waals surface area contributed by atoms with Crippen LogP contribution in [0.2, 0.25) is 0 Å². The zero-order valence-electron chi connectivity index (χ0n) is 11.2. The van der Waals surface area contributed by atoms with Crippen molar-refractivity contribution in [3.63, 3.8) is 0 Å². The minimum Gasteiger partial charge on any atom is -0.341 e. The Morgan fingerprint density at radius 2 is 2.16 bits per heavy atom. The molecule has 0 N–H and O–H groups in total. The van der Waals surface area contributed by atoms with Gasteiger partial charge in [0.2, 0.25) is 5.91 Å². The summed E-state index contributed by atoms with van der Waals surface area (Å²) in [4.78, 5) is 18.7. The fourth-order valence-corrected chi connectivity index (χ4v) is 4.79. The van der Waals surface area contributed by atoms with E-state index < -0.39 is 0 Å². The Labute approximate surface area is 123 Å². The van der Waals surface area contributed by atoms with Gasteiger partial charge in [-0.15, -0.1) is 23.5 Å². The van der Waals surface area contributed by atoms with Crippen LogP contribution in [0.3, 0.4) is 0 Å². The zero-order chi connectivity index (χ0) is 13.5. The molecule has 0 saturated carbocycles. The van der Waals surface area contributed by atoms with Crippen molar-refractivity contribution in [1.29, 1.82) is 0 Å². The average Bonchev–Trinajstić information content (AvgIpc) is 2.98. The third-order valence-electron chi connectivity index (χ3n) is 2.99. The quantitative estimate of drug-likeness (QED) is 0.808. The maximum atomic E-state index is 12.4. The monoisotopic (exact) mass is 296 g/mol. The molecule has 1 aromatic heterocycles. The first-order valence-electron chi connectivity index (χ1n) is 6.73. The van der Waals surface area contributed by atoms with E-state index in [9.17, 15) is 4.79 Å². The van der Waals surface area contributed by atoms with Gasteiger partial charge < -0.3 is 4.90 Å². The lowest BCUT2D eigenvalue weighted by molar-refractivity contribution is -0.129. The molecule has 1 aliphatic rings. The SMILES string of the molecule is CCCN(CCc1ccccn1)C(=O)C1SCCS1. The van der Waals surface area contributed by atoms with Gasteiger partial charge in [-0.3, -0.25) is 9.78 Å². The maximum Gasteiger partial charge on any atom is 0.245 e. The maximum absolute atomic E-state index is 12.4. The van der Waals surface area contributed by atoms with Gasteiger partial charge in [0.25, 0.3) is 0 Å². The number of carbonyl (C=O) groups excluding carboxylic acids is 1. The lowest BCUT2D eigenvalue weighted by atomic mass is 10.2. The predicted molar refractivity (Wildman–Crippen MR) is 83.5 cm³/mol. The molecular formula is C14H20N2OS2. The highest BCUT2D eigenvalue weighted by atomic mass is 32.2. The molecule has 5 heteroatoms. The molecule has 19 heavy (non-hydrogen) atoms. The molecule has 1 aromatic rings. The number of aromatic nitrogens is 1. The predicted octanol–water partition coefficient (Wildman–Crippen LogP) is 2.67. The van der Waals surface area contributed by atoms with Gasteiger partial charge in [-0.25, -0.2) is 0 Å². The molecule has 2 rings (SSSR count). The molecule has 0 unspecified atom stereocenters. The van der Waals surface area contributed by atoms with Crippen LogP contribution in [0.25, 0.3) is 0 Å². The van der Waals surface area contributed by atoms with Crippen LogP contribution >= 0.6 is 23.5 Å². The highest BCUT2D eigenvalue weighted by molar-refractivity contribution is 8.21. The van der Waals surface area contributed by atoms with Crippen LogP contribution in [-0.4, -0.2) is 45.0 Å². The molecule has 1 saturated heterocycles. The number of carbonyl (C=O) groups is 1. The van der Waals surface area contributed by atoms with E-state index in [4.69, 9.17) is 0 Å². The Morgan fingerprint density at radius 3 is 2.79 bits per heavy atom. The fraction of sp³-hybridized carbons (Fsp3) is 0.571. The second-order valence-electron chi connectivity index (χ2n) is 4.47. The molecule has 0 aliphatic carbocycles.